The molecular weight excluding hydrogens is 204 g/mol. The first kappa shape index (κ1) is 8.78. The number of nitrogens with two attached hydrogens (primary N) is 2. The van der Waals surface area contributed by atoms with E-state index in [-0.39, 0.29) is 11.6 Å². The number of fused-ring (bicyclic) bond motifs is 3. The summed E-state index contributed by atoms with van der Waals surface area (Å²) in [4.78, 5) is 8.39. The third-order valence-corrected chi connectivity index (χ3v) is 2.38. The summed E-state index contributed by atoms with van der Waals surface area (Å²) in [7, 11) is 0. The van der Waals surface area contributed by atoms with Crippen LogP contribution in [-0.2, 0) is 0 Å². The molecule has 0 fully saturated rings. The maximum atomic E-state index is 5.64. The monoisotopic (exact) mass is 212 g/mol. The number of nitrogen functional groups attached to an aromatic ring is 2. The van der Waals surface area contributed by atoms with Crippen molar-refractivity contribution in [2.45, 2.75) is 0 Å². The molecule has 4 N–H and O–H groups in total. The van der Waals surface area contributed by atoms with Gasteiger partial charge in [-0.3, -0.25) is 0 Å². The maximum Gasteiger partial charge on any atom is 0.166 e. The van der Waals surface area contributed by atoms with Crippen molar-refractivity contribution in [2.24, 2.45) is 0 Å². The van der Waals surface area contributed by atoms with Gasteiger partial charge in [0.05, 0.1) is 17.2 Å². The first-order chi connectivity index (χ1) is 7.75. The molecule has 16 heavy (non-hydrogen) atoms. The van der Waals surface area contributed by atoms with E-state index in [0.717, 1.165) is 10.9 Å². The first-order valence-corrected chi connectivity index (χ1v) is 4.69. The van der Waals surface area contributed by atoms with Gasteiger partial charge in [0.1, 0.15) is 5.52 Å². The summed E-state index contributed by atoms with van der Waals surface area (Å²) in [6.45, 7) is 0. The van der Waals surface area contributed by atoms with Crippen LogP contribution in [0.25, 0.3) is 21.9 Å². The van der Waals surface area contributed by atoms with Crippen LogP contribution in [0.15, 0.2) is 24.4 Å². The van der Waals surface area contributed by atoms with Crippen LogP contribution >= 0.6 is 0 Å². The molecule has 0 saturated heterocycles. The summed E-state index contributed by atoms with van der Waals surface area (Å²) >= 11 is 0. The average molecular weight is 212 g/mol. The highest BCUT2D eigenvalue weighted by Crippen LogP contribution is 2.23. The van der Waals surface area contributed by atoms with Gasteiger partial charge in [0.25, 0.3) is 0 Å². The molecule has 3 rings (SSSR count). The molecule has 6 nitrogen and oxygen atoms in total. The Balaban J connectivity index is 2.55. The fourth-order valence-corrected chi connectivity index (χ4v) is 1.61. The molecule has 0 radical (unpaired) electrons. The van der Waals surface area contributed by atoms with Crippen LogP contribution in [0.3, 0.4) is 0 Å². The molecule has 78 valence electrons. The number of nitrogens with zero attached hydrogens (tertiary/aromatic N) is 4. The zero-order chi connectivity index (χ0) is 11.1. The normalized spacial score (nSPS) is 11.0. The maximum absolute atomic E-state index is 5.64. The molecule has 0 amide bonds. The minimum absolute atomic E-state index is 0.233. The summed E-state index contributed by atoms with van der Waals surface area (Å²) in [6.07, 6.45) is 1.61. The Hall–Kier alpha value is -2.50. The van der Waals surface area contributed by atoms with Crippen LogP contribution < -0.4 is 11.5 Å². The van der Waals surface area contributed by atoms with Gasteiger partial charge in [-0.1, -0.05) is 0 Å². The van der Waals surface area contributed by atoms with E-state index in [9.17, 15) is 0 Å². The highest BCUT2D eigenvalue weighted by Gasteiger charge is 2.06. The van der Waals surface area contributed by atoms with Crippen molar-refractivity contribution < 1.29 is 0 Å². The lowest BCUT2D eigenvalue weighted by atomic mass is 10.2. The van der Waals surface area contributed by atoms with Crippen molar-refractivity contribution in [2.75, 3.05) is 11.5 Å². The summed E-state index contributed by atoms with van der Waals surface area (Å²) in [5.74, 6) is 0.477. The molecule has 6 heteroatoms. The minimum atomic E-state index is 0.233. The predicted octanol–water partition coefficient (Wildman–Crippen LogP) is 0.737. The van der Waals surface area contributed by atoms with E-state index in [1.54, 1.807) is 12.3 Å². The van der Waals surface area contributed by atoms with E-state index in [0.29, 0.717) is 11.0 Å². The van der Waals surface area contributed by atoms with Gasteiger partial charge in [-0.2, -0.15) is 10.2 Å². The largest absolute Gasteiger partial charge is 0.381 e. The topological polar surface area (TPSA) is 104 Å². The fourth-order valence-electron chi connectivity index (χ4n) is 1.61. The predicted molar refractivity (Wildman–Crippen MR) is 61.5 cm³/mol. The number of benzene rings is 1. The van der Waals surface area contributed by atoms with Crippen LogP contribution in [0.1, 0.15) is 0 Å². The Morgan fingerprint density at radius 3 is 2.50 bits per heavy atom. The van der Waals surface area contributed by atoms with Crippen molar-refractivity contribution in [3.8, 4) is 0 Å². The van der Waals surface area contributed by atoms with E-state index >= 15 is 0 Å². The van der Waals surface area contributed by atoms with E-state index in [1.165, 1.54) is 0 Å². The average Bonchev–Trinajstić information content (AvgIpc) is 2.31. The van der Waals surface area contributed by atoms with E-state index in [2.05, 4.69) is 20.2 Å². The van der Waals surface area contributed by atoms with Gasteiger partial charge < -0.3 is 11.5 Å². The van der Waals surface area contributed by atoms with Crippen LogP contribution in [0.2, 0.25) is 0 Å². The molecule has 1 aromatic carbocycles. The van der Waals surface area contributed by atoms with Gasteiger partial charge in [-0.15, -0.1) is 0 Å². The standard InChI is InChI=1S/C10H8N6/c11-9-10(12)15-8-5-3-4-13-16-6(5)1-2-7(8)14-9/h1-4H,(H2,11,14)(H2,12,15). The molecular formula is C10H8N6. The number of rotatable bonds is 0. The second kappa shape index (κ2) is 2.99. The lowest BCUT2D eigenvalue weighted by molar-refractivity contribution is 1.08. The lowest BCUT2D eigenvalue weighted by Gasteiger charge is -2.03. The SMILES string of the molecule is Nc1nc2ccc3nnccc3c2nc1N. The van der Waals surface area contributed by atoms with Crippen LogP contribution in [0.5, 0.6) is 0 Å². The molecule has 0 aliphatic rings. The number of aromatic nitrogens is 4. The zero-order valence-electron chi connectivity index (χ0n) is 8.25. The molecule has 3 aromatic rings. The van der Waals surface area contributed by atoms with Crippen molar-refractivity contribution in [3.63, 3.8) is 0 Å². The lowest BCUT2D eigenvalue weighted by Crippen LogP contribution is -2.01. The molecule has 0 aliphatic carbocycles. The highest BCUT2D eigenvalue weighted by atomic mass is 15.1. The number of hydrogen-bond donors (Lipinski definition) is 2. The fraction of sp³-hybridized carbons (Fsp3) is 0. The molecule has 0 saturated carbocycles. The zero-order valence-corrected chi connectivity index (χ0v) is 8.25. The molecule has 2 heterocycles. The third kappa shape index (κ3) is 1.13. The molecule has 0 spiro atoms. The van der Waals surface area contributed by atoms with Gasteiger partial charge in [-0.25, -0.2) is 9.97 Å². The summed E-state index contributed by atoms with van der Waals surface area (Å²) in [5.41, 5.74) is 13.4. The van der Waals surface area contributed by atoms with Gasteiger partial charge >= 0.3 is 0 Å². The second-order valence-electron chi connectivity index (χ2n) is 3.39. The summed E-state index contributed by atoms with van der Waals surface area (Å²) < 4.78 is 0. The molecule has 2 aromatic heterocycles. The van der Waals surface area contributed by atoms with E-state index in [1.807, 2.05) is 12.1 Å². The molecule has 0 atom stereocenters. The summed E-state index contributed by atoms with van der Waals surface area (Å²) in [6, 6.07) is 5.46. The minimum Gasteiger partial charge on any atom is -0.381 e. The number of hydrogen-bond acceptors (Lipinski definition) is 6. The van der Waals surface area contributed by atoms with Gasteiger partial charge in [-0.05, 0) is 18.2 Å². The molecule has 0 bridgehead atoms. The van der Waals surface area contributed by atoms with Gasteiger partial charge in [0.2, 0.25) is 0 Å². The van der Waals surface area contributed by atoms with Gasteiger partial charge in [0, 0.05) is 5.39 Å². The smallest absolute Gasteiger partial charge is 0.166 e. The Morgan fingerprint density at radius 1 is 0.875 bits per heavy atom. The summed E-state index contributed by atoms with van der Waals surface area (Å²) in [5, 5.41) is 8.67. The van der Waals surface area contributed by atoms with Crippen molar-refractivity contribution in [1.82, 2.24) is 20.2 Å². The molecule has 0 unspecified atom stereocenters. The second-order valence-corrected chi connectivity index (χ2v) is 3.39. The van der Waals surface area contributed by atoms with Crippen molar-refractivity contribution >= 4 is 33.6 Å². The van der Waals surface area contributed by atoms with E-state index in [4.69, 9.17) is 11.5 Å². The Kier molecular flexibility index (Phi) is 1.64. The highest BCUT2D eigenvalue weighted by molar-refractivity contribution is 6.02. The Labute approximate surface area is 90.3 Å². The Bertz CT molecular complexity index is 693. The van der Waals surface area contributed by atoms with Crippen molar-refractivity contribution in [3.05, 3.63) is 24.4 Å². The quantitative estimate of drug-likeness (QED) is 0.532. The van der Waals surface area contributed by atoms with Gasteiger partial charge in [0.15, 0.2) is 11.6 Å². The van der Waals surface area contributed by atoms with Crippen LogP contribution in [-0.4, -0.2) is 20.2 Å². The van der Waals surface area contributed by atoms with Crippen LogP contribution in [0.4, 0.5) is 11.6 Å². The Morgan fingerprint density at radius 2 is 1.62 bits per heavy atom. The molecule has 0 aliphatic heterocycles. The van der Waals surface area contributed by atoms with Crippen molar-refractivity contribution in [1.29, 1.82) is 0 Å². The van der Waals surface area contributed by atoms with Crippen LogP contribution in [0, 0.1) is 0 Å². The first-order valence-electron chi connectivity index (χ1n) is 4.69. The number of anilines is 2. The van der Waals surface area contributed by atoms with E-state index < -0.39 is 0 Å². The third-order valence-electron chi connectivity index (χ3n) is 2.38.